The maximum Gasteiger partial charge on any atom is 0.231 e. The average Bonchev–Trinajstić information content (AvgIpc) is 3.14. The van der Waals surface area contributed by atoms with Crippen LogP contribution in [0.1, 0.15) is 29.8 Å². The standard InChI is InChI=1S/C21H22N4O2/c1-14-10-20(24-15(2)17-6-4-3-5-7-17)25-21(23-14)22-12-16-8-9-18-19(11-16)27-13-26-18/h3-11,15H,12-13H2,1-2H3,(H2,22,23,24,25). The van der Waals surface area contributed by atoms with Gasteiger partial charge in [-0.1, -0.05) is 36.4 Å². The summed E-state index contributed by atoms with van der Waals surface area (Å²) in [5.41, 5.74) is 3.20. The van der Waals surface area contributed by atoms with Crippen molar-refractivity contribution >= 4 is 11.8 Å². The van der Waals surface area contributed by atoms with Crippen LogP contribution in [0.4, 0.5) is 11.8 Å². The van der Waals surface area contributed by atoms with Gasteiger partial charge < -0.3 is 20.1 Å². The molecule has 0 radical (unpaired) electrons. The second kappa shape index (κ2) is 7.53. The van der Waals surface area contributed by atoms with Gasteiger partial charge in [0.25, 0.3) is 0 Å². The van der Waals surface area contributed by atoms with Crippen LogP contribution in [0.3, 0.4) is 0 Å². The topological polar surface area (TPSA) is 68.3 Å². The number of hydrogen-bond donors (Lipinski definition) is 2. The van der Waals surface area contributed by atoms with E-state index in [1.54, 1.807) is 0 Å². The molecule has 1 unspecified atom stereocenters. The highest BCUT2D eigenvalue weighted by atomic mass is 16.7. The summed E-state index contributed by atoms with van der Waals surface area (Å²) < 4.78 is 10.8. The molecule has 0 amide bonds. The van der Waals surface area contributed by atoms with E-state index in [2.05, 4.69) is 39.7 Å². The lowest BCUT2D eigenvalue weighted by molar-refractivity contribution is 0.174. The Balaban J connectivity index is 1.44. The van der Waals surface area contributed by atoms with Crippen molar-refractivity contribution in [2.45, 2.75) is 26.4 Å². The smallest absolute Gasteiger partial charge is 0.231 e. The van der Waals surface area contributed by atoms with E-state index >= 15 is 0 Å². The van der Waals surface area contributed by atoms with Crippen LogP contribution < -0.4 is 20.1 Å². The van der Waals surface area contributed by atoms with Crippen LogP contribution >= 0.6 is 0 Å². The third-order valence-corrected chi connectivity index (χ3v) is 4.41. The molecule has 2 heterocycles. The molecule has 0 spiro atoms. The van der Waals surface area contributed by atoms with Crippen molar-refractivity contribution in [3.63, 3.8) is 0 Å². The molecule has 0 saturated carbocycles. The highest BCUT2D eigenvalue weighted by Gasteiger charge is 2.13. The zero-order chi connectivity index (χ0) is 18.6. The van der Waals surface area contributed by atoms with Gasteiger partial charge in [-0.3, -0.25) is 0 Å². The first-order valence-electron chi connectivity index (χ1n) is 8.97. The van der Waals surface area contributed by atoms with Crippen molar-refractivity contribution in [1.82, 2.24) is 9.97 Å². The minimum absolute atomic E-state index is 0.155. The minimum Gasteiger partial charge on any atom is -0.454 e. The van der Waals surface area contributed by atoms with Crippen LogP contribution in [-0.2, 0) is 6.54 Å². The molecule has 4 rings (SSSR count). The lowest BCUT2D eigenvalue weighted by Gasteiger charge is -2.16. The number of benzene rings is 2. The Morgan fingerprint density at radius 2 is 1.81 bits per heavy atom. The molecular weight excluding hydrogens is 340 g/mol. The Bertz CT molecular complexity index is 931. The van der Waals surface area contributed by atoms with Gasteiger partial charge in [0.15, 0.2) is 11.5 Å². The van der Waals surface area contributed by atoms with Gasteiger partial charge in [0.2, 0.25) is 12.7 Å². The minimum atomic E-state index is 0.155. The van der Waals surface area contributed by atoms with Crippen molar-refractivity contribution in [1.29, 1.82) is 0 Å². The molecule has 2 aromatic carbocycles. The first-order valence-corrected chi connectivity index (χ1v) is 8.97. The van der Waals surface area contributed by atoms with Crippen molar-refractivity contribution in [2.24, 2.45) is 0 Å². The lowest BCUT2D eigenvalue weighted by atomic mass is 10.1. The second-order valence-electron chi connectivity index (χ2n) is 6.54. The van der Waals surface area contributed by atoms with Crippen molar-refractivity contribution < 1.29 is 9.47 Å². The predicted octanol–water partition coefficient (Wildman–Crippen LogP) is 4.30. The van der Waals surface area contributed by atoms with Gasteiger partial charge in [0.1, 0.15) is 5.82 Å². The Labute approximate surface area is 158 Å². The Morgan fingerprint density at radius 1 is 1.00 bits per heavy atom. The summed E-state index contributed by atoms with van der Waals surface area (Å²) in [6.07, 6.45) is 0. The number of nitrogens with zero attached hydrogens (tertiary/aromatic N) is 2. The van der Waals surface area contributed by atoms with Crippen LogP contribution in [0, 0.1) is 6.92 Å². The van der Waals surface area contributed by atoms with Crippen LogP contribution in [0.15, 0.2) is 54.6 Å². The molecule has 27 heavy (non-hydrogen) atoms. The first-order chi connectivity index (χ1) is 13.2. The van der Waals surface area contributed by atoms with Crippen LogP contribution in [0.5, 0.6) is 11.5 Å². The summed E-state index contributed by atoms with van der Waals surface area (Å²) in [5, 5.41) is 6.73. The number of rotatable bonds is 6. The Hall–Kier alpha value is -3.28. The normalized spacial score (nSPS) is 13.3. The molecule has 0 fully saturated rings. The van der Waals surface area contributed by atoms with Gasteiger partial charge >= 0.3 is 0 Å². The van der Waals surface area contributed by atoms with Crippen LogP contribution in [0.25, 0.3) is 0 Å². The molecule has 0 saturated heterocycles. The van der Waals surface area contributed by atoms with E-state index in [0.29, 0.717) is 12.5 Å². The molecular formula is C21H22N4O2. The summed E-state index contributed by atoms with van der Waals surface area (Å²) in [6.45, 7) is 4.97. The van der Waals surface area contributed by atoms with Gasteiger partial charge in [0, 0.05) is 24.3 Å². The first kappa shape index (κ1) is 17.1. The molecule has 1 aromatic heterocycles. The molecule has 1 aliphatic rings. The molecule has 0 aliphatic carbocycles. The Kier molecular flexibility index (Phi) is 4.78. The molecule has 0 bridgehead atoms. The van der Waals surface area contributed by atoms with Crippen molar-refractivity contribution in [3.8, 4) is 11.5 Å². The number of aromatic nitrogens is 2. The number of nitrogens with one attached hydrogen (secondary N) is 2. The summed E-state index contributed by atoms with van der Waals surface area (Å²) in [7, 11) is 0. The fourth-order valence-electron chi connectivity index (χ4n) is 3.00. The van der Waals surface area contributed by atoms with Crippen LogP contribution in [0.2, 0.25) is 0 Å². The SMILES string of the molecule is Cc1cc(NC(C)c2ccccc2)nc(NCc2ccc3c(c2)OCO3)n1. The molecule has 6 nitrogen and oxygen atoms in total. The molecule has 138 valence electrons. The second-order valence-corrected chi connectivity index (χ2v) is 6.54. The van der Waals surface area contributed by atoms with Crippen LogP contribution in [-0.4, -0.2) is 16.8 Å². The monoisotopic (exact) mass is 362 g/mol. The van der Waals surface area contributed by atoms with Crippen molar-refractivity contribution in [3.05, 3.63) is 71.4 Å². The quantitative estimate of drug-likeness (QED) is 0.681. The summed E-state index contributed by atoms with van der Waals surface area (Å²) in [5.74, 6) is 2.95. The summed E-state index contributed by atoms with van der Waals surface area (Å²) in [4.78, 5) is 9.08. The zero-order valence-corrected chi connectivity index (χ0v) is 15.4. The van der Waals surface area contributed by atoms with E-state index in [9.17, 15) is 0 Å². The highest BCUT2D eigenvalue weighted by molar-refractivity contribution is 5.47. The van der Waals surface area contributed by atoms with Crippen molar-refractivity contribution in [2.75, 3.05) is 17.4 Å². The summed E-state index contributed by atoms with van der Waals surface area (Å²) >= 11 is 0. The van der Waals surface area contributed by atoms with E-state index in [4.69, 9.17) is 9.47 Å². The maximum absolute atomic E-state index is 5.42. The predicted molar refractivity (Wildman–Crippen MR) is 105 cm³/mol. The summed E-state index contributed by atoms with van der Waals surface area (Å²) in [6, 6.07) is 18.3. The molecule has 1 aliphatic heterocycles. The average molecular weight is 362 g/mol. The molecule has 1 atom stereocenters. The van der Waals surface area contributed by atoms with Gasteiger partial charge in [-0.15, -0.1) is 0 Å². The Morgan fingerprint density at radius 3 is 2.67 bits per heavy atom. The third-order valence-electron chi connectivity index (χ3n) is 4.41. The fraction of sp³-hybridized carbons (Fsp3) is 0.238. The fourth-order valence-corrected chi connectivity index (χ4v) is 3.00. The number of aryl methyl sites for hydroxylation is 1. The molecule has 3 aromatic rings. The van der Waals surface area contributed by atoms with Gasteiger partial charge in [-0.25, -0.2) is 4.98 Å². The van der Waals surface area contributed by atoms with E-state index in [1.807, 2.05) is 49.4 Å². The van der Waals surface area contributed by atoms with Gasteiger partial charge in [-0.2, -0.15) is 4.98 Å². The zero-order valence-electron chi connectivity index (χ0n) is 15.4. The largest absolute Gasteiger partial charge is 0.454 e. The van der Waals surface area contributed by atoms with E-state index in [-0.39, 0.29) is 12.8 Å². The van der Waals surface area contributed by atoms with E-state index < -0.39 is 0 Å². The number of hydrogen-bond acceptors (Lipinski definition) is 6. The highest BCUT2D eigenvalue weighted by Crippen LogP contribution is 2.32. The number of anilines is 2. The lowest BCUT2D eigenvalue weighted by Crippen LogP contribution is -2.11. The van der Waals surface area contributed by atoms with Gasteiger partial charge in [0.05, 0.1) is 0 Å². The van der Waals surface area contributed by atoms with E-state index in [1.165, 1.54) is 5.56 Å². The number of ether oxygens (including phenoxy) is 2. The van der Waals surface area contributed by atoms with Gasteiger partial charge in [-0.05, 0) is 37.1 Å². The molecule has 2 N–H and O–H groups in total. The third kappa shape index (κ3) is 4.11. The molecule has 6 heteroatoms. The maximum atomic E-state index is 5.42. The van der Waals surface area contributed by atoms with E-state index in [0.717, 1.165) is 28.6 Å². The number of fused-ring (bicyclic) bond motifs is 1.